The molecule has 142 valence electrons. The van der Waals surface area contributed by atoms with Crippen LogP contribution in [0.3, 0.4) is 0 Å². The molecule has 0 aliphatic carbocycles. The van der Waals surface area contributed by atoms with Crippen LogP contribution in [0.15, 0.2) is 65.7 Å². The van der Waals surface area contributed by atoms with Gasteiger partial charge >= 0.3 is 0 Å². The van der Waals surface area contributed by atoms with Gasteiger partial charge in [-0.05, 0) is 29.5 Å². The summed E-state index contributed by atoms with van der Waals surface area (Å²) in [5, 5.41) is 14.5. The minimum Gasteiger partial charge on any atom is -0.623 e. The molecule has 3 aromatic carbocycles. The van der Waals surface area contributed by atoms with Crippen LogP contribution in [0.1, 0.15) is 5.56 Å². The van der Waals surface area contributed by atoms with Crippen molar-refractivity contribution in [1.29, 1.82) is 0 Å². The first kappa shape index (κ1) is 17.4. The van der Waals surface area contributed by atoms with Gasteiger partial charge in [0, 0.05) is 49.9 Å². The number of hydrogen-bond donors (Lipinski definition) is 1. The van der Waals surface area contributed by atoms with Crippen molar-refractivity contribution in [2.45, 2.75) is 6.42 Å². The summed E-state index contributed by atoms with van der Waals surface area (Å²) >= 11 is 0. The number of piperazine rings is 1. The molecule has 0 bridgehead atoms. The molecule has 28 heavy (non-hydrogen) atoms. The Bertz CT molecular complexity index is 1020. The Morgan fingerprint density at radius 2 is 1.75 bits per heavy atom. The molecular formula is C23H24N4O. The summed E-state index contributed by atoms with van der Waals surface area (Å²) in [5.74, 6) is 0. The van der Waals surface area contributed by atoms with Crippen LogP contribution < -0.4 is 9.96 Å². The summed E-state index contributed by atoms with van der Waals surface area (Å²) in [7, 11) is 0. The van der Waals surface area contributed by atoms with Crippen LogP contribution in [0.5, 0.6) is 0 Å². The lowest BCUT2D eigenvalue weighted by Gasteiger charge is -2.36. The standard InChI is InChI=1S/C23H24N4O/c28-27-17-24-21-9-8-18(16-23(21)27)10-11-25-12-14-26(15-13-25)22-7-3-5-19-4-1-2-6-20(19)22/h1-9,16-17,27H,10-15H2. The molecule has 0 amide bonds. The highest BCUT2D eigenvalue weighted by Crippen LogP contribution is 2.28. The smallest absolute Gasteiger partial charge is 0.194 e. The SMILES string of the molecule is [O-][NH+]1C=Nc2ccc(CCN3CCN(c4cccc5ccccc45)CC3)cc21. The van der Waals surface area contributed by atoms with Crippen LogP contribution in [0.2, 0.25) is 0 Å². The quantitative estimate of drug-likeness (QED) is 0.717. The average Bonchev–Trinajstić information content (AvgIpc) is 3.12. The molecule has 1 atom stereocenters. The molecule has 2 heterocycles. The lowest BCUT2D eigenvalue weighted by molar-refractivity contribution is -0.655. The maximum atomic E-state index is 11.8. The van der Waals surface area contributed by atoms with Crippen molar-refractivity contribution in [2.24, 2.45) is 4.99 Å². The Morgan fingerprint density at radius 1 is 0.929 bits per heavy atom. The first-order chi connectivity index (χ1) is 13.8. The van der Waals surface area contributed by atoms with E-state index in [-0.39, 0.29) is 5.06 Å². The Hall–Kier alpha value is -2.73. The predicted molar refractivity (Wildman–Crippen MR) is 115 cm³/mol. The largest absolute Gasteiger partial charge is 0.623 e. The van der Waals surface area contributed by atoms with E-state index in [9.17, 15) is 5.21 Å². The molecule has 5 heteroatoms. The van der Waals surface area contributed by atoms with Crippen molar-refractivity contribution in [3.05, 3.63) is 71.4 Å². The number of hydroxylamine groups is 1. The van der Waals surface area contributed by atoms with E-state index in [1.54, 1.807) is 0 Å². The van der Waals surface area contributed by atoms with Crippen LogP contribution in [-0.4, -0.2) is 44.0 Å². The highest BCUT2D eigenvalue weighted by molar-refractivity contribution is 5.94. The van der Waals surface area contributed by atoms with Gasteiger partial charge in [-0.1, -0.05) is 42.5 Å². The topological polar surface area (TPSA) is 46.3 Å². The Morgan fingerprint density at radius 3 is 2.64 bits per heavy atom. The lowest BCUT2D eigenvalue weighted by Crippen LogP contribution is -2.99. The number of quaternary nitrogens is 1. The maximum Gasteiger partial charge on any atom is 0.194 e. The van der Waals surface area contributed by atoms with Gasteiger partial charge in [0.05, 0.1) is 0 Å². The van der Waals surface area contributed by atoms with Crippen molar-refractivity contribution in [3.63, 3.8) is 0 Å². The van der Waals surface area contributed by atoms with E-state index >= 15 is 0 Å². The zero-order chi connectivity index (χ0) is 18.9. The monoisotopic (exact) mass is 372 g/mol. The van der Waals surface area contributed by atoms with Gasteiger partial charge in [-0.3, -0.25) is 9.96 Å². The number of aliphatic imine (C=N–C) groups is 1. The normalized spacial score (nSPS) is 19.3. The van der Waals surface area contributed by atoms with Crippen LogP contribution >= 0.6 is 0 Å². The number of rotatable bonds is 4. The molecule has 2 aliphatic rings. The molecule has 1 unspecified atom stereocenters. The van der Waals surface area contributed by atoms with Crippen LogP contribution in [0.4, 0.5) is 17.1 Å². The molecule has 2 aliphatic heterocycles. The Kier molecular flexibility index (Phi) is 4.56. The average molecular weight is 372 g/mol. The van der Waals surface area contributed by atoms with E-state index in [1.165, 1.54) is 28.4 Å². The van der Waals surface area contributed by atoms with Gasteiger partial charge in [0.1, 0.15) is 5.69 Å². The predicted octanol–water partition coefficient (Wildman–Crippen LogP) is 2.89. The highest BCUT2D eigenvalue weighted by Gasteiger charge is 2.19. The number of nitrogens with one attached hydrogen (secondary N) is 1. The van der Waals surface area contributed by atoms with Crippen molar-refractivity contribution in [3.8, 4) is 0 Å². The molecule has 0 radical (unpaired) electrons. The van der Waals surface area contributed by atoms with Gasteiger partial charge in [0.15, 0.2) is 12.0 Å². The minimum absolute atomic E-state index is 0.0283. The summed E-state index contributed by atoms with van der Waals surface area (Å²) in [5.41, 5.74) is 4.11. The number of hydrogen-bond acceptors (Lipinski definition) is 4. The molecule has 5 nitrogen and oxygen atoms in total. The molecule has 3 aromatic rings. The van der Waals surface area contributed by atoms with Gasteiger partial charge in [-0.15, -0.1) is 0 Å². The molecular weight excluding hydrogens is 348 g/mol. The molecule has 0 spiro atoms. The van der Waals surface area contributed by atoms with Crippen LogP contribution in [0.25, 0.3) is 10.8 Å². The van der Waals surface area contributed by atoms with Gasteiger partial charge < -0.3 is 10.1 Å². The fourth-order valence-electron chi connectivity index (χ4n) is 4.23. The van der Waals surface area contributed by atoms with E-state index in [2.05, 4.69) is 63.3 Å². The van der Waals surface area contributed by atoms with Crippen molar-refractivity contribution < 1.29 is 5.06 Å². The van der Waals surface area contributed by atoms with Crippen molar-refractivity contribution in [1.82, 2.24) is 4.90 Å². The van der Waals surface area contributed by atoms with Crippen LogP contribution in [-0.2, 0) is 6.42 Å². The molecule has 1 fully saturated rings. The van der Waals surface area contributed by atoms with E-state index in [0.29, 0.717) is 0 Å². The second kappa shape index (κ2) is 7.36. The first-order valence-electron chi connectivity index (χ1n) is 9.94. The summed E-state index contributed by atoms with van der Waals surface area (Å²) in [6.45, 7) is 5.25. The summed E-state index contributed by atoms with van der Waals surface area (Å²) < 4.78 is 0. The zero-order valence-electron chi connectivity index (χ0n) is 15.8. The van der Waals surface area contributed by atoms with E-state index in [0.717, 1.165) is 50.5 Å². The Labute approximate surface area is 165 Å². The third-order valence-electron chi connectivity index (χ3n) is 5.84. The molecule has 0 aromatic heterocycles. The maximum absolute atomic E-state index is 11.8. The van der Waals surface area contributed by atoms with Gasteiger partial charge in [0.2, 0.25) is 0 Å². The summed E-state index contributed by atoms with van der Waals surface area (Å²) in [6.07, 6.45) is 2.38. The van der Waals surface area contributed by atoms with E-state index < -0.39 is 0 Å². The zero-order valence-corrected chi connectivity index (χ0v) is 15.8. The molecule has 1 N–H and O–H groups in total. The molecule has 5 rings (SSSR count). The first-order valence-corrected chi connectivity index (χ1v) is 9.94. The third kappa shape index (κ3) is 3.29. The third-order valence-corrected chi connectivity index (χ3v) is 5.84. The highest BCUT2D eigenvalue weighted by atomic mass is 16.5. The second-order valence-corrected chi connectivity index (χ2v) is 7.55. The fraction of sp³-hybridized carbons (Fsp3) is 0.261. The summed E-state index contributed by atoms with van der Waals surface area (Å²) in [6, 6.07) is 21.3. The van der Waals surface area contributed by atoms with Crippen LogP contribution in [0, 0.1) is 5.21 Å². The molecule has 1 saturated heterocycles. The van der Waals surface area contributed by atoms with Gasteiger partial charge in [0.25, 0.3) is 0 Å². The number of fused-ring (bicyclic) bond motifs is 2. The fourth-order valence-corrected chi connectivity index (χ4v) is 4.23. The van der Waals surface area contributed by atoms with Crippen molar-refractivity contribution in [2.75, 3.05) is 37.6 Å². The second-order valence-electron chi connectivity index (χ2n) is 7.55. The summed E-state index contributed by atoms with van der Waals surface area (Å²) in [4.78, 5) is 9.16. The Balaban J connectivity index is 1.20. The van der Waals surface area contributed by atoms with Crippen molar-refractivity contribution >= 4 is 34.2 Å². The number of anilines is 1. The number of benzene rings is 3. The van der Waals surface area contributed by atoms with E-state index in [4.69, 9.17) is 0 Å². The van der Waals surface area contributed by atoms with E-state index in [1.807, 2.05) is 12.1 Å². The molecule has 0 saturated carbocycles. The van der Waals surface area contributed by atoms with Gasteiger partial charge in [-0.25, -0.2) is 0 Å². The lowest BCUT2D eigenvalue weighted by atomic mass is 10.1. The minimum atomic E-state index is 0.0283. The van der Waals surface area contributed by atoms with Gasteiger partial charge in [-0.2, -0.15) is 4.99 Å². The number of nitrogens with zero attached hydrogens (tertiary/aromatic N) is 3.